The van der Waals surface area contributed by atoms with Crippen molar-refractivity contribution >= 4 is 40.8 Å². The van der Waals surface area contributed by atoms with Gasteiger partial charge >= 0.3 is 17.8 Å². The minimum Gasteiger partial charge on any atom is -0.493 e. The number of esters is 1. The van der Waals surface area contributed by atoms with E-state index in [0.29, 0.717) is 27.5 Å². The summed E-state index contributed by atoms with van der Waals surface area (Å²) in [7, 11) is 1.43. The smallest absolute Gasteiger partial charge is 0.343 e. The predicted octanol–water partition coefficient (Wildman–Crippen LogP) is 4.66. The molecular weight excluding hydrogens is 470 g/mol. The van der Waals surface area contributed by atoms with E-state index in [1.54, 1.807) is 55.5 Å². The van der Waals surface area contributed by atoms with Gasteiger partial charge in [0.15, 0.2) is 11.5 Å². The van der Waals surface area contributed by atoms with Gasteiger partial charge < -0.3 is 14.8 Å². The highest BCUT2D eigenvalue weighted by Crippen LogP contribution is 2.29. The number of carbonyl (C=O) groups is 3. The Labute approximate surface area is 207 Å². The Kier molecular flexibility index (Phi) is 8.22. The van der Waals surface area contributed by atoms with Crippen LogP contribution in [0.4, 0.5) is 5.69 Å². The second-order valence-corrected chi connectivity index (χ2v) is 8.17. The maximum Gasteiger partial charge on any atom is 0.343 e. The minimum atomic E-state index is -0.914. The van der Waals surface area contributed by atoms with Crippen molar-refractivity contribution in [3.8, 4) is 11.5 Å². The van der Waals surface area contributed by atoms with Gasteiger partial charge in [-0.1, -0.05) is 23.7 Å². The van der Waals surface area contributed by atoms with Gasteiger partial charge in [-0.15, -0.1) is 0 Å². The van der Waals surface area contributed by atoms with Gasteiger partial charge in [-0.3, -0.25) is 9.59 Å². The summed E-state index contributed by atoms with van der Waals surface area (Å²) < 4.78 is 10.8. The number of aryl methyl sites for hydroxylation is 2. The summed E-state index contributed by atoms with van der Waals surface area (Å²) in [5.74, 6) is -1.86. The maximum atomic E-state index is 12.4. The number of hydrogen-bond donors (Lipinski definition) is 2. The van der Waals surface area contributed by atoms with E-state index in [9.17, 15) is 14.4 Å². The monoisotopic (exact) mass is 493 g/mol. The molecule has 0 aliphatic carbocycles. The zero-order chi connectivity index (χ0) is 25.5. The fraction of sp³-hybridized carbons (Fsp3) is 0.154. The van der Waals surface area contributed by atoms with Crippen molar-refractivity contribution in [2.45, 2.75) is 20.8 Å². The van der Waals surface area contributed by atoms with E-state index in [2.05, 4.69) is 15.8 Å². The first kappa shape index (κ1) is 25.5. The van der Waals surface area contributed by atoms with Crippen LogP contribution in [0.5, 0.6) is 11.5 Å². The Morgan fingerprint density at radius 3 is 2.23 bits per heavy atom. The largest absolute Gasteiger partial charge is 0.493 e. The van der Waals surface area contributed by atoms with E-state index in [4.69, 9.17) is 21.1 Å². The number of rotatable bonds is 6. The van der Waals surface area contributed by atoms with Gasteiger partial charge in [-0.2, -0.15) is 5.10 Å². The molecule has 0 unspecified atom stereocenters. The van der Waals surface area contributed by atoms with Crippen LogP contribution in [0, 0.1) is 13.8 Å². The molecule has 9 heteroatoms. The summed E-state index contributed by atoms with van der Waals surface area (Å²) in [5.41, 5.74) is 5.97. The highest BCUT2D eigenvalue weighted by atomic mass is 35.5. The second kappa shape index (κ2) is 11.3. The first-order valence-corrected chi connectivity index (χ1v) is 10.9. The summed E-state index contributed by atoms with van der Waals surface area (Å²) in [6.45, 7) is 5.44. The van der Waals surface area contributed by atoms with Crippen LogP contribution in [0.1, 0.15) is 34.0 Å². The van der Waals surface area contributed by atoms with Crippen LogP contribution in [0.25, 0.3) is 0 Å². The van der Waals surface area contributed by atoms with Gasteiger partial charge in [0.05, 0.1) is 18.4 Å². The van der Waals surface area contributed by atoms with E-state index >= 15 is 0 Å². The van der Waals surface area contributed by atoms with Crippen molar-refractivity contribution in [2.24, 2.45) is 5.10 Å². The van der Waals surface area contributed by atoms with E-state index in [1.807, 2.05) is 19.9 Å². The number of nitrogens with zero attached hydrogens (tertiary/aromatic N) is 1. The quantitative estimate of drug-likeness (QED) is 0.171. The summed E-state index contributed by atoms with van der Waals surface area (Å²) >= 11 is 5.93. The molecule has 0 bridgehead atoms. The van der Waals surface area contributed by atoms with E-state index in [-0.39, 0.29) is 11.5 Å². The first-order valence-electron chi connectivity index (χ1n) is 10.6. The lowest BCUT2D eigenvalue weighted by Gasteiger charge is -2.11. The summed E-state index contributed by atoms with van der Waals surface area (Å²) in [6.07, 6.45) is 0. The Bertz CT molecular complexity index is 1300. The molecule has 0 aromatic heterocycles. The van der Waals surface area contributed by atoms with Crippen molar-refractivity contribution in [1.29, 1.82) is 0 Å². The second-order valence-electron chi connectivity index (χ2n) is 7.73. The Morgan fingerprint density at radius 2 is 1.57 bits per heavy atom. The molecule has 0 aliphatic rings. The number of benzene rings is 3. The number of hydrazone groups is 1. The molecule has 0 atom stereocenters. The third-order valence-corrected chi connectivity index (χ3v) is 5.09. The molecule has 0 saturated heterocycles. The lowest BCUT2D eigenvalue weighted by Crippen LogP contribution is -2.33. The average Bonchev–Trinajstić information content (AvgIpc) is 2.81. The van der Waals surface area contributed by atoms with Gasteiger partial charge in [-0.05, 0) is 80.4 Å². The molecule has 2 amide bonds. The fourth-order valence-electron chi connectivity index (χ4n) is 3.24. The van der Waals surface area contributed by atoms with E-state index < -0.39 is 17.8 Å². The third kappa shape index (κ3) is 6.91. The Balaban J connectivity index is 1.67. The minimum absolute atomic E-state index is 0.200. The standard InChI is InChI=1S/C26H24ClN3O5/c1-15-10-16(2)12-21(11-15)28-24(31)25(32)30-29-17(3)18-8-9-22(23(14-18)34-4)35-26(33)19-6-5-7-20(27)13-19/h5-14H,1-4H3,(H,28,31)(H,30,32). The summed E-state index contributed by atoms with van der Waals surface area (Å²) in [4.78, 5) is 36.8. The van der Waals surface area contributed by atoms with Crippen LogP contribution >= 0.6 is 11.6 Å². The van der Waals surface area contributed by atoms with Gasteiger partial charge in [0.2, 0.25) is 0 Å². The SMILES string of the molecule is COc1cc(C(C)=NNC(=O)C(=O)Nc2cc(C)cc(C)c2)ccc1OC(=O)c1cccc(Cl)c1. The molecule has 8 nitrogen and oxygen atoms in total. The van der Waals surface area contributed by atoms with Gasteiger partial charge in [-0.25, -0.2) is 10.2 Å². The van der Waals surface area contributed by atoms with Gasteiger partial charge in [0.1, 0.15) is 0 Å². The number of anilines is 1. The van der Waals surface area contributed by atoms with Crippen molar-refractivity contribution in [3.63, 3.8) is 0 Å². The summed E-state index contributed by atoms with van der Waals surface area (Å²) in [6, 6.07) is 16.7. The molecule has 3 aromatic carbocycles. The number of nitrogens with one attached hydrogen (secondary N) is 2. The molecule has 3 aromatic rings. The molecule has 0 radical (unpaired) electrons. The molecule has 35 heavy (non-hydrogen) atoms. The highest BCUT2D eigenvalue weighted by molar-refractivity contribution is 6.39. The molecule has 0 saturated carbocycles. The normalized spacial score (nSPS) is 10.9. The molecule has 0 aliphatic heterocycles. The van der Waals surface area contributed by atoms with Crippen LogP contribution in [0.15, 0.2) is 65.8 Å². The van der Waals surface area contributed by atoms with Gasteiger partial charge in [0, 0.05) is 16.3 Å². The molecule has 2 N–H and O–H groups in total. The van der Waals surface area contributed by atoms with Crippen molar-refractivity contribution in [1.82, 2.24) is 5.43 Å². The number of hydrogen-bond acceptors (Lipinski definition) is 6. The zero-order valence-corrected chi connectivity index (χ0v) is 20.4. The van der Waals surface area contributed by atoms with Gasteiger partial charge in [0.25, 0.3) is 0 Å². The molecular formula is C26H24ClN3O5. The fourth-order valence-corrected chi connectivity index (χ4v) is 3.43. The number of amides is 2. The Morgan fingerprint density at radius 1 is 0.857 bits per heavy atom. The lowest BCUT2D eigenvalue weighted by atomic mass is 10.1. The van der Waals surface area contributed by atoms with Crippen molar-refractivity contribution < 1.29 is 23.9 Å². The number of carbonyl (C=O) groups excluding carboxylic acids is 3. The number of methoxy groups -OCH3 is 1. The third-order valence-electron chi connectivity index (χ3n) is 4.86. The topological polar surface area (TPSA) is 106 Å². The van der Waals surface area contributed by atoms with Crippen LogP contribution in [-0.4, -0.2) is 30.6 Å². The number of ether oxygens (including phenoxy) is 2. The zero-order valence-electron chi connectivity index (χ0n) is 19.6. The van der Waals surface area contributed by atoms with E-state index in [0.717, 1.165) is 11.1 Å². The van der Waals surface area contributed by atoms with E-state index in [1.165, 1.54) is 13.2 Å². The lowest BCUT2D eigenvalue weighted by molar-refractivity contribution is -0.136. The average molecular weight is 494 g/mol. The molecule has 0 fully saturated rings. The van der Waals surface area contributed by atoms with Crippen LogP contribution in [0.2, 0.25) is 5.02 Å². The maximum absolute atomic E-state index is 12.4. The molecule has 3 rings (SSSR count). The van der Waals surface area contributed by atoms with Crippen LogP contribution < -0.4 is 20.2 Å². The van der Waals surface area contributed by atoms with Crippen molar-refractivity contribution in [3.05, 3.63) is 87.9 Å². The highest BCUT2D eigenvalue weighted by Gasteiger charge is 2.16. The van der Waals surface area contributed by atoms with Crippen molar-refractivity contribution in [2.75, 3.05) is 12.4 Å². The molecule has 0 spiro atoms. The summed E-state index contributed by atoms with van der Waals surface area (Å²) in [5, 5.41) is 6.96. The van der Waals surface area contributed by atoms with Crippen LogP contribution in [0.3, 0.4) is 0 Å². The number of halogens is 1. The Hall–Kier alpha value is -4.17. The molecule has 180 valence electrons. The van der Waals surface area contributed by atoms with Crippen LogP contribution in [-0.2, 0) is 9.59 Å². The first-order chi connectivity index (χ1) is 16.7. The molecule has 0 heterocycles. The predicted molar refractivity (Wildman–Crippen MR) is 134 cm³/mol.